The van der Waals surface area contributed by atoms with Gasteiger partial charge in [-0.25, -0.2) is 0 Å². The maximum atomic E-state index is 2.69. The monoisotopic (exact) mass is 747 g/mol. The van der Waals surface area contributed by atoms with Gasteiger partial charge in [0.2, 0.25) is 0 Å². The molecular formula is C54H53NS. The van der Waals surface area contributed by atoms with Crippen molar-refractivity contribution in [1.82, 2.24) is 0 Å². The maximum absolute atomic E-state index is 2.69. The Morgan fingerprint density at radius 2 is 1.07 bits per heavy atom. The highest BCUT2D eigenvalue weighted by molar-refractivity contribution is 7.99. The number of rotatable bonds is 5. The van der Waals surface area contributed by atoms with Crippen LogP contribution in [0.4, 0.5) is 17.1 Å². The SMILES string of the molecule is CC1(C)CCC(C)(C)c2c(N(c3ccc(-c4ccccc4)cc3)c3ccc(-c4ccccc4)c4c3Sc3ccccc3C43C4CC5CC(C4)CC3C5)cccc21. The minimum absolute atomic E-state index is 0.00595. The van der Waals surface area contributed by atoms with E-state index in [2.05, 4.69) is 172 Å². The molecule has 12 rings (SSSR count). The van der Waals surface area contributed by atoms with Crippen molar-refractivity contribution in [2.45, 2.75) is 98.7 Å². The van der Waals surface area contributed by atoms with Gasteiger partial charge in [0.1, 0.15) is 0 Å². The number of fused-ring (bicyclic) bond motifs is 3. The van der Waals surface area contributed by atoms with Crippen LogP contribution < -0.4 is 4.90 Å². The van der Waals surface area contributed by atoms with Crippen molar-refractivity contribution in [3.8, 4) is 22.3 Å². The Hall–Kier alpha value is -4.53. The smallest absolute Gasteiger partial charge is 0.0604 e. The highest BCUT2D eigenvalue weighted by atomic mass is 32.2. The van der Waals surface area contributed by atoms with E-state index < -0.39 is 0 Å². The van der Waals surface area contributed by atoms with Crippen molar-refractivity contribution >= 4 is 28.8 Å². The summed E-state index contributed by atoms with van der Waals surface area (Å²) >= 11 is 2.05. The van der Waals surface area contributed by atoms with Gasteiger partial charge >= 0.3 is 0 Å². The van der Waals surface area contributed by atoms with Crippen LogP contribution in [0.1, 0.15) is 94.9 Å². The third-order valence-electron chi connectivity index (χ3n) is 15.1. The molecule has 1 aliphatic heterocycles. The van der Waals surface area contributed by atoms with Gasteiger partial charge in [-0.3, -0.25) is 0 Å². The molecule has 5 aliphatic carbocycles. The van der Waals surface area contributed by atoms with Gasteiger partial charge < -0.3 is 4.90 Å². The predicted molar refractivity (Wildman–Crippen MR) is 236 cm³/mol. The Bertz CT molecular complexity index is 2430. The van der Waals surface area contributed by atoms with Gasteiger partial charge in [0, 0.05) is 20.9 Å². The van der Waals surface area contributed by atoms with Crippen molar-refractivity contribution < 1.29 is 0 Å². The van der Waals surface area contributed by atoms with Gasteiger partial charge in [0.25, 0.3) is 0 Å². The van der Waals surface area contributed by atoms with Gasteiger partial charge in [-0.15, -0.1) is 0 Å². The first kappa shape index (κ1) is 34.7. The summed E-state index contributed by atoms with van der Waals surface area (Å²) in [5.74, 6) is 3.11. The molecule has 2 heteroatoms. The van der Waals surface area contributed by atoms with Crippen LogP contribution in [0.3, 0.4) is 0 Å². The van der Waals surface area contributed by atoms with Crippen molar-refractivity contribution in [3.05, 3.63) is 162 Å². The molecule has 0 amide bonds. The second-order valence-electron chi connectivity index (χ2n) is 19.2. The molecule has 4 saturated carbocycles. The van der Waals surface area contributed by atoms with E-state index in [1.165, 1.54) is 105 Å². The Labute approximate surface area is 338 Å². The minimum Gasteiger partial charge on any atom is -0.309 e. The van der Waals surface area contributed by atoms with Crippen LogP contribution in [0.5, 0.6) is 0 Å². The molecule has 280 valence electrons. The quantitative estimate of drug-likeness (QED) is 0.173. The Morgan fingerprint density at radius 1 is 0.482 bits per heavy atom. The summed E-state index contributed by atoms with van der Waals surface area (Å²) in [6.45, 7) is 9.90. The molecule has 0 N–H and O–H groups in total. The molecule has 56 heavy (non-hydrogen) atoms. The Balaban J connectivity index is 1.22. The summed E-state index contributed by atoms with van der Waals surface area (Å²) in [4.78, 5) is 5.62. The van der Waals surface area contributed by atoms with Gasteiger partial charge in [0.05, 0.1) is 11.4 Å². The van der Waals surface area contributed by atoms with Gasteiger partial charge in [0.15, 0.2) is 0 Å². The molecule has 6 aromatic carbocycles. The van der Waals surface area contributed by atoms with Gasteiger partial charge in [-0.2, -0.15) is 0 Å². The van der Waals surface area contributed by atoms with E-state index in [1.54, 1.807) is 11.1 Å². The summed E-state index contributed by atoms with van der Waals surface area (Å²) in [6.07, 6.45) is 9.29. The fraction of sp³-hybridized carbons (Fsp3) is 0.333. The van der Waals surface area contributed by atoms with Crippen LogP contribution in [-0.4, -0.2) is 0 Å². The van der Waals surface area contributed by atoms with E-state index in [1.807, 2.05) is 11.8 Å². The summed E-state index contributed by atoms with van der Waals surface area (Å²) < 4.78 is 0. The lowest BCUT2D eigenvalue weighted by Crippen LogP contribution is -2.57. The molecule has 6 aliphatic rings. The van der Waals surface area contributed by atoms with Crippen LogP contribution in [0, 0.1) is 23.7 Å². The third-order valence-corrected chi connectivity index (χ3v) is 16.3. The van der Waals surface area contributed by atoms with Gasteiger partial charge in [-0.05, 0) is 154 Å². The van der Waals surface area contributed by atoms with E-state index in [0.717, 1.165) is 11.8 Å². The molecule has 4 bridgehead atoms. The zero-order valence-electron chi connectivity index (χ0n) is 33.4. The van der Waals surface area contributed by atoms with E-state index in [9.17, 15) is 0 Å². The second kappa shape index (κ2) is 12.7. The van der Waals surface area contributed by atoms with E-state index in [4.69, 9.17) is 0 Å². The lowest BCUT2D eigenvalue weighted by molar-refractivity contribution is -0.0441. The average molecular weight is 748 g/mol. The van der Waals surface area contributed by atoms with Crippen molar-refractivity contribution in [2.24, 2.45) is 23.7 Å². The summed E-state index contributed by atoms with van der Waals surface area (Å²) in [5.41, 5.74) is 15.6. The zero-order chi connectivity index (χ0) is 37.8. The summed E-state index contributed by atoms with van der Waals surface area (Å²) in [6, 6.07) is 53.5. The Morgan fingerprint density at radius 3 is 1.77 bits per heavy atom. The highest BCUT2D eigenvalue weighted by Gasteiger charge is 2.61. The first-order valence-electron chi connectivity index (χ1n) is 21.3. The lowest BCUT2D eigenvalue weighted by Gasteiger charge is -2.63. The van der Waals surface area contributed by atoms with Gasteiger partial charge in [-0.1, -0.05) is 149 Å². The number of hydrogen-bond donors (Lipinski definition) is 0. The van der Waals surface area contributed by atoms with Crippen LogP contribution >= 0.6 is 11.8 Å². The van der Waals surface area contributed by atoms with Crippen LogP contribution in [0.2, 0.25) is 0 Å². The van der Waals surface area contributed by atoms with Crippen LogP contribution in [0.15, 0.2) is 149 Å². The zero-order valence-corrected chi connectivity index (χ0v) is 34.2. The average Bonchev–Trinajstić information content (AvgIpc) is 3.22. The molecule has 0 saturated heterocycles. The molecule has 1 spiro atoms. The molecule has 0 radical (unpaired) electrons. The molecule has 0 unspecified atom stereocenters. The first-order chi connectivity index (χ1) is 27.2. The molecule has 0 aromatic heterocycles. The molecule has 6 aromatic rings. The van der Waals surface area contributed by atoms with Crippen molar-refractivity contribution in [1.29, 1.82) is 0 Å². The first-order valence-corrected chi connectivity index (χ1v) is 22.1. The fourth-order valence-electron chi connectivity index (χ4n) is 12.8. The molecule has 4 fully saturated rings. The summed E-state index contributed by atoms with van der Waals surface area (Å²) in [5, 5.41) is 0. The van der Waals surface area contributed by atoms with E-state index in [-0.39, 0.29) is 16.2 Å². The predicted octanol–water partition coefficient (Wildman–Crippen LogP) is 15.0. The largest absolute Gasteiger partial charge is 0.309 e. The number of nitrogens with zero attached hydrogens (tertiary/aromatic N) is 1. The molecule has 0 atom stereocenters. The topological polar surface area (TPSA) is 3.24 Å². The van der Waals surface area contributed by atoms with E-state index >= 15 is 0 Å². The summed E-state index contributed by atoms with van der Waals surface area (Å²) in [7, 11) is 0. The van der Waals surface area contributed by atoms with Crippen molar-refractivity contribution in [3.63, 3.8) is 0 Å². The number of anilines is 3. The third kappa shape index (κ3) is 5.13. The molecule has 1 heterocycles. The number of benzene rings is 6. The Kier molecular flexibility index (Phi) is 7.89. The molecule has 1 nitrogen and oxygen atoms in total. The lowest BCUT2D eigenvalue weighted by atomic mass is 9.41. The highest BCUT2D eigenvalue weighted by Crippen LogP contribution is 2.71. The maximum Gasteiger partial charge on any atom is 0.0604 e. The number of hydrogen-bond acceptors (Lipinski definition) is 2. The standard InChI is InChI=1S/C54H53NS/c1-52(2)28-29-53(3,4)50-45(52)19-13-20-46(50)55(42-24-22-38(23-25-42)37-14-7-5-8-15-37)47-27-26-43(39-16-9-6-10-17-39)49-51(47)56-48-21-12-11-18-44(48)54(49)40-31-35-30-36(33-40)34-41(54)32-35/h5-27,35-36,40-41H,28-34H2,1-4H3. The van der Waals surface area contributed by atoms with Crippen molar-refractivity contribution in [2.75, 3.05) is 4.90 Å². The molecular weight excluding hydrogens is 695 g/mol. The fourth-order valence-corrected chi connectivity index (χ4v) is 14.1. The normalized spacial score (nSPS) is 26.0. The second-order valence-corrected chi connectivity index (χ2v) is 20.2. The van der Waals surface area contributed by atoms with E-state index in [0.29, 0.717) is 11.8 Å². The minimum atomic E-state index is 0.00595. The van der Waals surface area contributed by atoms with Crippen LogP contribution in [-0.2, 0) is 16.2 Å². The van der Waals surface area contributed by atoms with Crippen LogP contribution in [0.25, 0.3) is 22.3 Å².